The van der Waals surface area contributed by atoms with Crippen LogP contribution >= 0.6 is 0 Å². The molecule has 2 aromatic rings. The number of aryl methyl sites for hydroxylation is 1. The van der Waals surface area contributed by atoms with E-state index in [-0.39, 0.29) is 23.8 Å². The van der Waals surface area contributed by atoms with Crippen molar-refractivity contribution in [3.8, 4) is 11.5 Å². The van der Waals surface area contributed by atoms with Gasteiger partial charge in [0.1, 0.15) is 6.04 Å². The summed E-state index contributed by atoms with van der Waals surface area (Å²) in [7, 11) is 1.38. The normalized spacial score (nSPS) is 14.6. The molecule has 0 spiro atoms. The molecule has 0 aliphatic heterocycles. The number of hydrogen-bond acceptors (Lipinski definition) is 7. The molecule has 1 amide bonds. The number of aromatic nitrogens is 1. The van der Waals surface area contributed by atoms with Crippen molar-refractivity contribution in [1.29, 1.82) is 0 Å². The molecule has 35 heavy (non-hydrogen) atoms. The smallest absolute Gasteiger partial charge is 0.328 e. The SMILES string of the molecule is COc1ccnc(C(=O)N[C@@H](C)C(=O)OCCCc2ccc(C3CCCCC3)cc2)c1OC(C)=O. The molecule has 0 unspecified atom stereocenters. The van der Waals surface area contributed by atoms with Crippen LogP contribution in [-0.4, -0.2) is 42.6 Å². The molecule has 0 bridgehead atoms. The second-order valence-electron chi connectivity index (χ2n) is 8.83. The van der Waals surface area contributed by atoms with Crippen LogP contribution in [-0.2, 0) is 20.7 Å². The Labute approximate surface area is 206 Å². The highest BCUT2D eigenvalue weighted by Crippen LogP contribution is 2.32. The topological polar surface area (TPSA) is 104 Å². The molecular weight excluding hydrogens is 448 g/mol. The minimum Gasteiger partial charge on any atom is -0.493 e. The van der Waals surface area contributed by atoms with E-state index in [0.717, 1.165) is 6.42 Å². The van der Waals surface area contributed by atoms with Gasteiger partial charge in [0.2, 0.25) is 5.75 Å². The monoisotopic (exact) mass is 482 g/mol. The summed E-state index contributed by atoms with van der Waals surface area (Å²) in [6.45, 7) is 2.98. The molecule has 1 N–H and O–H groups in total. The van der Waals surface area contributed by atoms with Gasteiger partial charge in [-0.3, -0.25) is 9.59 Å². The van der Waals surface area contributed by atoms with E-state index in [1.54, 1.807) is 0 Å². The van der Waals surface area contributed by atoms with Crippen LogP contribution < -0.4 is 14.8 Å². The van der Waals surface area contributed by atoms with Crippen LogP contribution in [0, 0.1) is 0 Å². The number of carbonyl (C=O) groups excluding carboxylic acids is 3. The molecule has 3 rings (SSSR count). The maximum atomic E-state index is 12.7. The molecule has 1 aromatic heterocycles. The summed E-state index contributed by atoms with van der Waals surface area (Å²) in [6, 6.07) is 9.34. The van der Waals surface area contributed by atoms with E-state index in [0.29, 0.717) is 12.3 Å². The van der Waals surface area contributed by atoms with E-state index in [1.165, 1.54) is 76.5 Å². The molecule has 8 nitrogen and oxygen atoms in total. The first-order chi connectivity index (χ1) is 16.9. The number of pyridine rings is 1. The van der Waals surface area contributed by atoms with Crippen LogP contribution in [0.2, 0.25) is 0 Å². The number of ether oxygens (including phenoxy) is 3. The van der Waals surface area contributed by atoms with Gasteiger partial charge in [-0.15, -0.1) is 0 Å². The highest BCUT2D eigenvalue weighted by atomic mass is 16.6. The van der Waals surface area contributed by atoms with Gasteiger partial charge in [-0.05, 0) is 49.7 Å². The predicted octanol–water partition coefficient (Wildman–Crippen LogP) is 4.36. The van der Waals surface area contributed by atoms with Gasteiger partial charge in [-0.25, -0.2) is 9.78 Å². The number of rotatable bonds is 10. The highest BCUT2D eigenvalue weighted by molar-refractivity contribution is 5.98. The number of nitrogens with zero attached hydrogens (tertiary/aromatic N) is 1. The molecule has 8 heteroatoms. The fraction of sp³-hybridized carbons (Fsp3) is 0.481. The Morgan fingerprint density at radius 2 is 1.80 bits per heavy atom. The summed E-state index contributed by atoms with van der Waals surface area (Å²) in [4.78, 5) is 40.4. The summed E-state index contributed by atoms with van der Waals surface area (Å²) in [5.74, 6) is -1.09. The Balaban J connectivity index is 1.45. The first-order valence-corrected chi connectivity index (χ1v) is 12.2. The van der Waals surface area contributed by atoms with Gasteiger partial charge in [0, 0.05) is 19.2 Å². The van der Waals surface area contributed by atoms with Crippen molar-refractivity contribution < 1.29 is 28.6 Å². The molecule has 188 valence electrons. The number of nitrogens with one attached hydrogen (secondary N) is 1. The Morgan fingerprint density at radius 3 is 2.46 bits per heavy atom. The number of hydrogen-bond donors (Lipinski definition) is 1. The Morgan fingerprint density at radius 1 is 1.09 bits per heavy atom. The first-order valence-electron chi connectivity index (χ1n) is 12.2. The van der Waals surface area contributed by atoms with E-state index >= 15 is 0 Å². The number of amides is 1. The molecular formula is C27H34N2O6. The Kier molecular flexibility index (Phi) is 9.64. The lowest BCUT2D eigenvalue weighted by Crippen LogP contribution is -2.40. The fourth-order valence-electron chi connectivity index (χ4n) is 4.29. The molecule has 1 aromatic carbocycles. The summed E-state index contributed by atoms with van der Waals surface area (Å²) in [5, 5.41) is 2.53. The van der Waals surface area contributed by atoms with E-state index in [2.05, 4.69) is 34.6 Å². The quantitative estimate of drug-likeness (QED) is 0.396. The van der Waals surface area contributed by atoms with Crippen LogP contribution in [0.1, 0.15) is 79.9 Å². The third-order valence-electron chi connectivity index (χ3n) is 6.16. The van der Waals surface area contributed by atoms with Gasteiger partial charge in [-0.2, -0.15) is 0 Å². The van der Waals surface area contributed by atoms with Gasteiger partial charge in [0.15, 0.2) is 11.4 Å². The lowest BCUT2D eigenvalue weighted by Gasteiger charge is -2.22. The maximum absolute atomic E-state index is 12.7. The molecule has 0 saturated heterocycles. The van der Waals surface area contributed by atoms with Gasteiger partial charge in [0.25, 0.3) is 5.91 Å². The third-order valence-corrected chi connectivity index (χ3v) is 6.16. The molecule has 1 heterocycles. The first kappa shape index (κ1) is 26.2. The second kappa shape index (κ2) is 12.9. The minimum absolute atomic E-state index is 0.102. The number of methoxy groups -OCH3 is 1. The minimum atomic E-state index is -0.907. The predicted molar refractivity (Wildman–Crippen MR) is 131 cm³/mol. The van der Waals surface area contributed by atoms with Gasteiger partial charge in [0.05, 0.1) is 13.7 Å². The lowest BCUT2D eigenvalue weighted by molar-refractivity contribution is -0.145. The van der Waals surface area contributed by atoms with Crippen LogP contribution in [0.15, 0.2) is 36.5 Å². The Bertz CT molecular complexity index is 1010. The van der Waals surface area contributed by atoms with E-state index in [1.807, 2.05) is 0 Å². The number of carbonyl (C=O) groups is 3. The zero-order chi connectivity index (χ0) is 25.2. The van der Waals surface area contributed by atoms with E-state index < -0.39 is 23.9 Å². The van der Waals surface area contributed by atoms with Crippen molar-refractivity contribution in [3.05, 3.63) is 53.3 Å². The van der Waals surface area contributed by atoms with Gasteiger partial charge >= 0.3 is 11.9 Å². The molecule has 1 saturated carbocycles. The zero-order valence-corrected chi connectivity index (χ0v) is 20.7. The zero-order valence-electron chi connectivity index (χ0n) is 20.7. The summed E-state index contributed by atoms with van der Waals surface area (Å²) in [5.41, 5.74) is 2.48. The maximum Gasteiger partial charge on any atom is 0.328 e. The molecule has 1 aliphatic rings. The average molecular weight is 483 g/mol. The van der Waals surface area contributed by atoms with Crippen molar-refractivity contribution in [2.75, 3.05) is 13.7 Å². The molecule has 1 aliphatic carbocycles. The molecule has 0 radical (unpaired) electrons. The lowest BCUT2D eigenvalue weighted by atomic mass is 9.84. The second-order valence-corrected chi connectivity index (χ2v) is 8.83. The van der Waals surface area contributed by atoms with E-state index in [9.17, 15) is 14.4 Å². The van der Waals surface area contributed by atoms with Crippen molar-refractivity contribution in [1.82, 2.24) is 10.3 Å². The van der Waals surface area contributed by atoms with Gasteiger partial charge in [-0.1, -0.05) is 43.5 Å². The molecule has 1 atom stereocenters. The summed E-state index contributed by atoms with van der Waals surface area (Å²) >= 11 is 0. The van der Waals surface area contributed by atoms with Crippen molar-refractivity contribution in [2.45, 2.75) is 70.8 Å². The summed E-state index contributed by atoms with van der Waals surface area (Å²) in [6.07, 6.45) is 9.39. The molecule has 1 fully saturated rings. The number of benzene rings is 1. The standard InChI is InChI=1S/C27H34N2O6/c1-18(29-26(31)24-25(35-19(2)30)23(33-3)15-16-28-24)27(32)34-17-7-8-20-11-13-22(14-12-20)21-9-5-4-6-10-21/h11-16,18,21H,4-10,17H2,1-3H3,(H,29,31)/t18-/m0/s1. The number of esters is 2. The van der Waals surface area contributed by atoms with E-state index in [4.69, 9.17) is 14.2 Å². The van der Waals surface area contributed by atoms with Crippen LogP contribution in [0.5, 0.6) is 11.5 Å². The third kappa shape index (κ3) is 7.53. The van der Waals surface area contributed by atoms with Crippen LogP contribution in [0.4, 0.5) is 0 Å². The highest BCUT2D eigenvalue weighted by Gasteiger charge is 2.24. The van der Waals surface area contributed by atoms with Crippen molar-refractivity contribution in [3.63, 3.8) is 0 Å². The largest absolute Gasteiger partial charge is 0.493 e. The van der Waals surface area contributed by atoms with Gasteiger partial charge < -0.3 is 19.5 Å². The summed E-state index contributed by atoms with van der Waals surface area (Å²) < 4.78 is 15.6. The average Bonchev–Trinajstić information content (AvgIpc) is 2.87. The van der Waals surface area contributed by atoms with Crippen LogP contribution in [0.25, 0.3) is 0 Å². The Hall–Kier alpha value is -3.42. The van der Waals surface area contributed by atoms with Crippen molar-refractivity contribution in [2.24, 2.45) is 0 Å². The van der Waals surface area contributed by atoms with Crippen molar-refractivity contribution >= 4 is 17.8 Å². The fourth-order valence-corrected chi connectivity index (χ4v) is 4.29. The van der Waals surface area contributed by atoms with Crippen LogP contribution in [0.3, 0.4) is 0 Å².